The highest BCUT2D eigenvalue weighted by molar-refractivity contribution is 5.70. The Labute approximate surface area is 85.6 Å². The molecule has 0 saturated heterocycles. The molecule has 0 N–H and O–H groups in total. The number of carbonyl (C=O) groups excluding carboxylic acids is 1. The summed E-state index contributed by atoms with van der Waals surface area (Å²) in [6.07, 6.45) is 8.71. The van der Waals surface area contributed by atoms with Gasteiger partial charge in [-0.1, -0.05) is 38.2 Å². The van der Waals surface area contributed by atoms with Crippen LogP contribution >= 0.6 is 0 Å². The second-order valence-corrected chi connectivity index (χ2v) is 4.18. The van der Waals surface area contributed by atoms with Crippen molar-refractivity contribution < 1.29 is 9.53 Å². The Morgan fingerprint density at radius 3 is 2.71 bits per heavy atom. The topological polar surface area (TPSA) is 26.3 Å². The molecule has 0 bridgehead atoms. The van der Waals surface area contributed by atoms with Crippen molar-refractivity contribution in [1.29, 1.82) is 0 Å². The van der Waals surface area contributed by atoms with Crippen molar-refractivity contribution in [2.24, 2.45) is 11.3 Å². The van der Waals surface area contributed by atoms with Gasteiger partial charge in [0.1, 0.15) is 0 Å². The van der Waals surface area contributed by atoms with Gasteiger partial charge in [0, 0.05) is 0 Å². The average Bonchev–Trinajstić information content (AvgIpc) is 2.09. The van der Waals surface area contributed by atoms with Gasteiger partial charge in [-0.2, -0.15) is 0 Å². The maximum Gasteiger partial charge on any atom is 0.306 e. The molecule has 0 aromatic heterocycles. The molecule has 2 nitrogen and oxygen atoms in total. The molecule has 1 rings (SSSR count). The van der Waals surface area contributed by atoms with Crippen LogP contribution in [0.25, 0.3) is 0 Å². The number of hydrogen-bond donors (Lipinski definition) is 0. The molecule has 1 atom stereocenters. The van der Waals surface area contributed by atoms with Gasteiger partial charge in [0.2, 0.25) is 0 Å². The van der Waals surface area contributed by atoms with Crippen LogP contribution < -0.4 is 0 Å². The highest BCUT2D eigenvalue weighted by Crippen LogP contribution is 2.34. The van der Waals surface area contributed by atoms with Crippen molar-refractivity contribution in [2.45, 2.75) is 27.2 Å². The van der Waals surface area contributed by atoms with Crippen molar-refractivity contribution in [3.05, 3.63) is 24.3 Å². The van der Waals surface area contributed by atoms with E-state index in [-0.39, 0.29) is 17.3 Å². The molecule has 0 amide bonds. The van der Waals surface area contributed by atoms with Gasteiger partial charge in [-0.3, -0.25) is 4.79 Å². The molecule has 1 unspecified atom stereocenters. The molecule has 2 heteroatoms. The van der Waals surface area contributed by atoms with Crippen LogP contribution in [0.3, 0.4) is 0 Å². The molecular formula is C12H18O2. The fourth-order valence-corrected chi connectivity index (χ4v) is 1.60. The summed E-state index contributed by atoms with van der Waals surface area (Å²) in [4.78, 5) is 11.3. The van der Waals surface area contributed by atoms with Crippen LogP contribution in [0.4, 0.5) is 0 Å². The van der Waals surface area contributed by atoms with E-state index in [4.69, 9.17) is 4.74 Å². The highest BCUT2D eigenvalue weighted by Gasteiger charge is 2.28. The Kier molecular flexibility index (Phi) is 3.50. The van der Waals surface area contributed by atoms with E-state index in [9.17, 15) is 4.79 Å². The smallest absolute Gasteiger partial charge is 0.306 e. The summed E-state index contributed by atoms with van der Waals surface area (Å²) in [5, 5.41) is 0. The molecule has 0 heterocycles. The molecule has 78 valence electrons. The normalized spacial score (nSPS) is 23.5. The zero-order chi connectivity index (χ0) is 10.6. The number of hydrogen-bond acceptors (Lipinski definition) is 2. The molecule has 0 fully saturated rings. The Morgan fingerprint density at radius 1 is 1.43 bits per heavy atom. The summed E-state index contributed by atoms with van der Waals surface area (Å²) in [6, 6.07) is 0. The third-order valence-corrected chi connectivity index (χ3v) is 2.63. The fourth-order valence-electron chi connectivity index (χ4n) is 1.60. The van der Waals surface area contributed by atoms with Gasteiger partial charge in [0.15, 0.2) is 0 Å². The van der Waals surface area contributed by atoms with Gasteiger partial charge in [-0.05, 0) is 18.3 Å². The molecule has 1 aliphatic carbocycles. The molecule has 1 aliphatic rings. The lowest BCUT2D eigenvalue weighted by Crippen LogP contribution is -2.25. The third kappa shape index (κ3) is 2.72. The number of ether oxygens (including phenoxy) is 1. The van der Waals surface area contributed by atoms with E-state index in [1.54, 1.807) is 0 Å². The van der Waals surface area contributed by atoms with Gasteiger partial charge in [-0.15, -0.1) is 0 Å². The number of allylic oxidation sites excluding steroid dienone is 4. The highest BCUT2D eigenvalue weighted by atomic mass is 16.5. The SMILES string of the molecule is CCOC(=O)CC1C=CC=CC1(C)C. The van der Waals surface area contributed by atoms with Gasteiger partial charge in [-0.25, -0.2) is 0 Å². The summed E-state index contributed by atoms with van der Waals surface area (Å²) >= 11 is 0. The minimum Gasteiger partial charge on any atom is -0.466 e. The number of rotatable bonds is 3. The lowest BCUT2D eigenvalue weighted by molar-refractivity contribution is -0.144. The van der Waals surface area contributed by atoms with E-state index in [0.717, 1.165) is 0 Å². The van der Waals surface area contributed by atoms with Crippen LogP contribution in [0.5, 0.6) is 0 Å². The first-order chi connectivity index (χ1) is 6.56. The zero-order valence-electron chi connectivity index (χ0n) is 9.12. The van der Waals surface area contributed by atoms with Crippen LogP contribution in [-0.4, -0.2) is 12.6 Å². The van der Waals surface area contributed by atoms with E-state index in [0.29, 0.717) is 13.0 Å². The van der Waals surface area contributed by atoms with Crippen LogP contribution in [0.15, 0.2) is 24.3 Å². The summed E-state index contributed by atoms with van der Waals surface area (Å²) in [5.74, 6) is 0.150. The maximum atomic E-state index is 11.3. The standard InChI is InChI=1S/C12H18O2/c1-4-14-11(13)9-10-7-5-6-8-12(10,2)3/h5-8,10H,4,9H2,1-3H3. The average molecular weight is 194 g/mol. The van der Waals surface area contributed by atoms with Crippen LogP contribution in [0.2, 0.25) is 0 Å². The van der Waals surface area contributed by atoms with E-state index >= 15 is 0 Å². The van der Waals surface area contributed by atoms with Crippen molar-refractivity contribution in [1.82, 2.24) is 0 Å². The van der Waals surface area contributed by atoms with Gasteiger partial charge < -0.3 is 4.74 Å². The Bertz CT molecular complexity index is 261. The van der Waals surface area contributed by atoms with Crippen LogP contribution in [0, 0.1) is 11.3 Å². The van der Waals surface area contributed by atoms with E-state index in [1.165, 1.54) is 0 Å². The quantitative estimate of drug-likeness (QED) is 0.646. The van der Waals surface area contributed by atoms with E-state index in [2.05, 4.69) is 26.0 Å². The van der Waals surface area contributed by atoms with E-state index < -0.39 is 0 Å². The van der Waals surface area contributed by atoms with Crippen molar-refractivity contribution >= 4 is 5.97 Å². The maximum absolute atomic E-state index is 11.3. The largest absolute Gasteiger partial charge is 0.466 e. The lowest BCUT2D eigenvalue weighted by Gasteiger charge is -2.30. The molecular weight excluding hydrogens is 176 g/mol. The predicted octanol–water partition coefficient (Wildman–Crippen LogP) is 2.71. The minimum absolute atomic E-state index is 0.0571. The van der Waals surface area contributed by atoms with Crippen molar-refractivity contribution in [3.63, 3.8) is 0 Å². The van der Waals surface area contributed by atoms with Gasteiger partial charge in [0.25, 0.3) is 0 Å². The number of esters is 1. The summed E-state index contributed by atoms with van der Waals surface area (Å²) in [6.45, 7) is 6.57. The first kappa shape index (κ1) is 11.0. The molecule has 14 heavy (non-hydrogen) atoms. The lowest BCUT2D eigenvalue weighted by atomic mass is 9.74. The van der Waals surface area contributed by atoms with Crippen LogP contribution in [0.1, 0.15) is 27.2 Å². The summed E-state index contributed by atoms with van der Waals surface area (Å²) in [7, 11) is 0. The van der Waals surface area contributed by atoms with E-state index in [1.807, 2.05) is 19.1 Å². The summed E-state index contributed by atoms with van der Waals surface area (Å²) < 4.78 is 4.94. The molecule has 0 aliphatic heterocycles. The first-order valence-corrected chi connectivity index (χ1v) is 5.08. The Morgan fingerprint density at radius 2 is 2.14 bits per heavy atom. The molecule has 0 radical (unpaired) electrons. The molecule has 0 saturated carbocycles. The molecule has 0 spiro atoms. The second kappa shape index (κ2) is 4.45. The third-order valence-electron chi connectivity index (χ3n) is 2.63. The monoisotopic (exact) mass is 194 g/mol. The van der Waals surface area contributed by atoms with Gasteiger partial charge in [0.05, 0.1) is 13.0 Å². The predicted molar refractivity (Wildman–Crippen MR) is 56.8 cm³/mol. The molecule has 0 aromatic rings. The number of carbonyl (C=O) groups is 1. The second-order valence-electron chi connectivity index (χ2n) is 4.18. The van der Waals surface area contributed by atoms with Crippen molar-refractivity contribution in [3.8, 4) is 0 Å². The van der Waals surface area contributed by atoms with Crippen molar-refractivity contribution in [2.75, 3.05) is 6.61 Å². The molecule has 0 aromatic carbocycles. The Balaban J connectivity index is 2.56. The Hall–Kier alpha value is -1.05. The minimum atomic E-state index is -0.106. The summed E-state index contributed by atoms with van der Waals surface area (Å²) in [5.41, 5.74) is 0.0571. The fraction of sp³-hybridized carbons (Fsp3) is 0.583. The van der Waals surface area contributed by atoms with Gasteiger partial charge >= 0.3 is 5.97 Å². The van der Waals surface area contributed by atoms with Crippen LogP contribution in [-0.2, 0) is 9.53 Å². The first-order valence-electron chi connectivity index (χ1n) is 5.08. The zero-order valence-corrected chi connectivity index (χ0v) is 9.12.